The minimum atomic E-state index is -0.876. The van der Waals surface area contributed by atoms with Gasteiger partial charge in [-0.15, -0.1) is 11.8 Å². The van der Waals surface area contributed by atoms with E-state index < -0.39 is 5.97 Å². The number of aliphatic carboxylic acids is 1. The number of carbonyl (C=O) groups is 2. The van der Waals surface area contributed by atoms with Crippen LogP contribution in [-0.4, -0.2) is 48.8 Å². The molecule has 1 rings (SSSR count). The van der Waals surface area contributed by atoms with Gasteiger partial charge in [0, 0.05) is 17.9 Å². The molecule has 6 nitrogen and oxygen atoms in total. The van der Waals surface area contributed by atoms with Crippen molar-refractivity contribution in [3.63, 3.8) is 0 Å². The van der Waals surface area contributed by atoms with Crippen molar-refractivity contribution in [2.24, 2.45) is 0 Å². The topological polar surface area (TPSA) is 84.9 Å². The summed E-state index contributed by atoms with van der Waals surface area (Å²) in [5.41, 5.74) is 0.355. The molecule has 0 spiro atoms. The number of carboxylic acids is 1. The van der Waals surface area contributed by atoms with E-state index >= 15 is 0 Å². The summed E-state index contributed by atoms with van der Waals surface area (Å²) in [6.07, 6.45) is 0. The van der Waals surface area contributed by atoms with Crippen LogP contribution in [-0.2, 0) is 4.79 Å². The number of benzene rings is 1. The molecule has 0 saturated heterocycles. The van der Waals surface area contributed by atoms with E-state index in [0.717, 1.165) is 0 Å². The SMILES string of the molecule is CCOc1c(Cl)cc(C(=O)NCCSCC(=O)O)cc1OC. The Hall–Kier alpha value is -1.60. The number of halogens is 1. The zero-order valence-corrected chi connectivity index (χ0v) is 13.9. The molecule has 0 saturated carbocycles. The molecule has 1 amide bonds. The van der Waals surface area contributed by atoms with E-state index in [2.05, 4.69) is 5.32 Å². The minimum absolute atomic E-state index is 0.0125. The second-order valence-corrected chi connectivity index (χ2v) is 5.64. The van der Waals surface area contributed by atoms with E-state index in [0.29, 0.717) is 41.0 Å². The number of nitrogens with one attached hydrogen (secondary N) is 1. The van der Waals surface area contributed by atoms with E-state index in [4.69, 9.17) is 26.2 Å². The summed E-state index contributed by atoms with van der Waals surface area (Å²) >= 11 is 7.33. The summed E-state index contributed by atoms with van der Waals surface area (Å²) in [5, 5.41) is 11.5. The summed E-state index contributed by atoms with van der Waals surface area (Å²) in [4.78, 5) is 22.4. The van der Waals surface area contributed by atoms with Gasteiger partial charge in [0.15, 0.2) is 11.5 Å². The molecule has 0 aromatic heterocycles. The van der Waals surface area contributed by atoms with Gasteiger partial charge in [-0.05, 0) is 19.1 Å². The van der Waals surface area contributed by atoms with Crippen LogP contribution in [0.4, 0.5) is 0 Å². The quantitative estimate of drug-likeness (QED) is 0.667. The zero-order chi connectivity index (χ0) is 16.5. The third-order valence-corrected chi connectivity index (χ3v) is 3.76. The number of rotatable bonds is 9. The molecule has 0 aliphatic heterocycles. The van der Waals surface area contributed by atoms with Crippen molar-refractivity contribution in [1.29, 1.82) is 0 Å². The molecule has 1 aromatic carbocycles. The lowest BCUT2D eigenvalue weighted by Gasteiger charge is -2.13. The lowest BCUT2D eigenvalue weighted by Crippen LogP contribution is -2.26. The number of ether oxygens (including phenoxy) is 2. The molecule has 22 heavy (non-hydrogen) atoms. The third kappa shape index (κ3) is 5.65. The Labute approximate surface area is 138 Å². The van der Waals surface area contributed by atoms with Crippen molar-refractivity contribution in [3.8, 4) is 11.5 Å². The van der Waals surface area contributed by atoms with Crippen LogP contribution in [0.1, 0.15) is 17.3 Å². The van der Waals surface area contributed by atoms with E-state index in [1.165, 1.54) is 24.9 Å². The fraction of sp³-hybridized carbons (Fsp3) is 0.429. The van der Waals surface area contributed by atoms with Gasteiger partial charge >= 0.3 is 5.97 Å². The lowest BCUT2D eigenvalue weighted by molar-refractivity contribution is -0.133. The van der Waals surface area contributed by atoms with E-state index in [1.54, 1.807) is 6.07 Å². The van der Waals surface area contributed by atoms with Crippen molar-refractivity contribution in [1.82, 2.24) is 5.32 Å². The summed E-state index contributed by atoms with van der Waals surface area (Å²) < 4.78 is 10.6. The number of hydrogen-bond acceptors (Lipinski definition) is 5. The molecule has 0 heterocycles. The first-order valence-electron chi connectivity index (χ1n) is 6.57. The van der Waals surface area contributed by atoms with Gasteiger partial charge in [0.1, 0.15) is 0 Å². The van der Waals surface area contributed by atoms with Crippen LogP contribution in [0.5, 0.6) is 11.5 Å². The fourth-order valence-corrected chi connectivity index (χ4v) is 2.46. The highest BCUT2D eigenvalue weighted by molar-refractivity contribution is 7.99. The fourth-order valence-electron chi connectivity index (χ4n) is 1.63. The average Bonchev–Trinajstić information content (AvgIpc) is 2.48. The van der Waals surface area contributed by atoms with Gasteiger partial charge in [-0.25, -0.2) is 0 Å². The molecule has 0 aliphatic carbocycles. The van der Waals surface area contributed by atoms with Crippen LogP contribution in [0.3, 0.4) is 0 Å². The van der Waals surface area contributed by atoms with Crippen LogP contribution in [0.25, 0.3) is 0 Å². The smallest absolute Gasteiger partial charge is 0.313 e. The first-order chi connectivity index (χ1) is 10.5. The van der Waals surface area contributed by atoms with E-state index in [9.17, 15) is 9.59 Å². The van der Waals surface area contributed by atoms with Crippen molar-refractivity contribution >= 4 is 35.2 Å². The van der Waals surface area contributed by atoms with E-state index in [-0.39, 0.29) is 11.7 Å². The van der Waals surface area contributed by atoms with Gasteiger partial charge in [-0.2, -0.15) is 0 Å². The molecule has 0 bridgehead atoms. The molecular formula is C14H18ClNO5S. The zero-order valence-electron chi connectivity index (χ0n) is 12.3. The molecular weight excluding hydrogens is 330 g/mol. The second-order valence-electron chi connectivity index (χ2n) is 4.12. The molecule has 0 unspecified atom stereocenters. The van der Waals surface area contributed by atoms with Crippen LogP contribution < -0.4 is 14.8 Å². The van der Waals surface area contributed by atoms with Crippen LogP contribution in [0, 0.1) is 0 Å². The predicted octanol–water partition coefficient (Wildman–Crippen LogP) is 2.29. The molecule has 0 atom stereocenters. The summed E-state index contributed by atoms with van der Waals surface area (Å²) in [7, 11) is 1.47. The number of methoxy groups -OCH3 is 1. The Balaban J connectivity index is 2.65. The minimum Gasteiger partial charge on any atom is -0.493 e. The molecule has 1 aromatic rings. The van der Waals surface area contributed by atoms with Crippen molar-refractivity contribution in [2.45, 2.75) is 6.92 Å². The van der Waals surface area contributed by atoms with Gasteiger partial charge in [-0.3, -0.25) is 9.59 Å². The maximum atomic E-state index is 12.0. The number of carbonyl (C=O) groups excluding carboxylic acids is 1. The Morgan fingerprint density at radius 2 is 2.14 bits per heavy atom. The Morgan fingerprint density at radius 1 is 1.41 bits per heavy atom. The predicted molar refractivity (Wildman–Crippen MR) is 86.5 cm³/mol. The molecule has 0 fully saturated rings. The molecule has 0 radical (unpaired) electrons. The number of carboxylic acid groups (broad SMARTS) is 1. The monoisotopic (exact) mass is 347 g/mol. The standard InChI is InChI=1S/C14H18ClNO5S/c1-3-21-13-10(15)6-9(7-11(13)20-2)14(19)16-4-5-22-8-12(17)18/h6-7H,3-5,8H2,1-2H3,(H,16,19)(H,17,18). The van der Waals surface area contributed by atoms with Crippen molar-refractivity contribution in [2.75, 3.05) is 31.8 Å². The maximum Gasteiger partial charge on any atom is 0.313 e. The van der Waals surface area contributed by atoms with Crippen LogP contribution in [0.2, 0.25) is 5.02 Å². The number of amides is 1. The average molecular weight is 348 g/mol. The highest BCUT2D eigenvalue weighted by atomic mass is 35.5. The Bertz CT molecular complexity index is 538. The largest absolute Gasteiger partial charge is 0.493 e. The van der Waals surface area contributed by atoms with Gasteiger partial charge in [0.25, 0.3) is 5.91 Å². The lowest BCUT2D eigenvalue weighted by atomic mass is 10.2. The molecule has 2 N–H and O–H groups in total. The van der Waals surface area contributed by atoms with Crippen LogP contribution in [0.15, 0.2) is 12.1 Å². The number of thioether (sulfide) groups is 1. The summed E-state index contributed by atoms with van der Waals surface area (Å²) in [5.74, 6) is 0.136. The van der Waals surface area contributed by atoms with Crippen LogP contribution >= 0.6 is 23.4 Å². The summed E-state index contributed by atoms with van der Waals surface area (Å²) in [6, 6.07) is 3.06. The van der Waals surface area contributed by atoms with Gasteiger partial charge in [0.2, 0.25) is 0 Å². The highest BCUT2D eigenvalue weighted by Crippen LogP contribution is 2.36. The van der Waals surface area contributed by atoms with Gasteiger partial charge in [-0.1, -0.05) is 11.6 Å². The normalized spacial score (nSPS) is 10.1. The first kappa shape index (κ1) is 18.4. The second kappa shape index (κ2) is 9.42. The van der Waals surface area contributed by atoms with E-state index in [1.807, 2.05) is 6.92 Å². The molecule has 8 heteroatoms. The van der Waals surface area contributed by atoms with Gasteiger partial charge < -0.3 is 19.9 Å². The highest BCUT2D eigenvalue weighted by Gasteiger charge is 2.15. The Kier molecular flexibility index (Phi) is 7.90. The summed E-state index contributed by atoms with van der Waals surface area (Å²) in [6.45, 7) is 2.62. The Morgan fingerprint density at radius 3 is 2.73 bits per heavy atom. The van der Waals surface area contributed by atoms with Gasteiger partial charge in [0.05, 0.1) is 24.5 Å². The number of hydrogen-bond donors (Lipinski definition) is 2. The van der Waals surface area contributed by atoms with Crippen molar-refractivity contribution < 1.29 is 24.2 Å². The third-order valence-electron chi connectivity index (χ3n) is 2.54. The first-order valence-corrected chi connectivity index (χ1v) is 8.10. The maximum absolute atomic E-state index is 12.0. The molecule has 122 valence electrons. The molecule has 0 aliphatic rings. The van der Waals surface area contributed by atoms with Crippen molar-refractivity contribution in [3.05, 3.63) is 22.7 Å².